The van der Waals surface area contributed by atoms with Gasteiger partial charge in [0.1, 0.15) is 0 Å². The Labute approximate surface area is 97.4 Å². The summed E-state index contributed by atoms with van der Waals surface area (Å²) in [6, 6.07) is 7.77. The van der Waals surface area contributed by atoms with Crippen LogP contribution in [0.25, 0.3) is 0 Å². The number of fused-ring (bicyclic) bond motifs is 1. The van der Waals surface area contributed by atoms with Crippen LogP contribution in [0.5, 0.6) is 0 Å². The molecule has 2 aliphatic rings. The van der Waals surface area contributed by atoms with Crippen molar-refractivity contribution in [2.75, 3.05) is 18.4 Å². The lowest BCUT2D eigenvalue weighted by Gasteiger charge is -2.06. The first-order chi connectivity index (χ1) is 7.92. The third-order valence-corrected chi connectivity index (χ3v) is 3.54. The van der Waals surface area contributed by atoms with E-state index in [9.17, 15) is 0 Å². The zero-order valence-electron chi connectivity index (χ0n) is 9.76. The lowest BCUT2D eigenvalue weighted by Crippen LogP contribution is -2.17. The highest BCUT2D eigenvalue weighted by atomic mass is 14.9. The van der Waals surface area contributed by atoms with Crippen LogP contribution in [-0.2, 0) is 12.8 Å². The van der Waals surface area contributed by atoms with Crippen molar-refractivity contribution in [2.45, 2.75) is 38.1 Å². The average molecular weight is 216 g/mol. The van der Waals surface area contributed by atoms with E-state index in [0.717, 1.165) is 12.6 Å². The van der Waals surface area contributed by atoms with Crippen LogP contribution in [0.4, 0.5) is 5.69 Å². The number of aryl methyl sites for hydroxylation is 1. The van der Waals surface area contributed by atoms with Crippen molar-refractivity contribution in [1.82, 2.24) is 5.32 Å². The molecular formula is C14H20N2. The van der Waals surface area contributed by atoms with Crippen molar-refractivity contribution in [3.8, 4) is 0 Å². The Hall–Kier alpha value is -1.02. The maximum atomic E-state index is 3.56. The average Bonchev–Trinajstić information content (AvgIpc) is 3.01. The number of hydrogen-bond acceptors (Lipinski definition) is 2. The summed E-state index contributed by atoms with van der Waals surface area (Å²) in [7, 11) is 0. The summed E-state index contributed by atoms with van der Waals surface area (Å²) in [5, 5.41) is 7.01. The third-order valence-electron chi connectivity index (χ3n) is 3.54. The number of nitrogens with one attached hydrogen (secondary N) is 2. The van der Waals surface area contributed by atoms with Crippen molar-refractivity contribution >= 4 is 5.69 Å². The van der Waals surface area contributed by atoms with Crippen molar-refractivity contribution in [3.05, 3.63) is 29.3 Å². The van der Waals surface area contributed by atoms with E-state index in [1.807, 2.05) is 0 Å². The molecule has 3 rings (SSSR count). The molecule has 1 saturated carbocycles. The second-order valence-corrected chi connectivity index (χ2v) is 5.00. The molecule has 1 aromatic rings. The second-order valence-electron chi connectivity index (χ2n) is 5.00. The lowest BCUT2D eigenvalue weighted by atomic mass is 10.1. The number of rotatable bonds is 5. The normalized spacial score (nSPS) is 18.2. The second kappa shape index (κ2) is 4.46. The molecule has 1 fully saturated rings. The van der Waals surface area contributed by atoms with Crippen molar-refractivity contribution in [1.29, 1.82) is 0 Å². The van der Waals surface area contributed by atoms with Crippen LogP contribution in [0, 0.1) is 0 Å². The minimum Gasteiger partial charge on any atom is -0.384 e. The first kappa shape index (κ1) is 10.2. The molecule has 0 amide bonds. The van der Waals surface area contributed by atoms with E-state index in [-0.39, 0.29) is 0 Å². The molecule has 0 atom stereocenters. The van der Waals surface area contributed by atoms with E-state index >= 15 is 0 Å². The summed E-state index contributed by atoms with van der Waals surface area (Å²) in [6.07, 6.45) is 6.44. The van der Waals surface area contributed by atoms with E-state index < -0.39 is 0 Å². The van der Waals surface area contributed by atoms with E-state index in [4.69, 9.17) is 0 Å². The largest absolute Gasteiger partial charge is 0.384 e. The highest BCUT2D eigenvalue weighted by Gasteiger charge is 2.19. The highest BCUT2D eigenvalue weighted by molar-refractivity contribution is 5.57. The number of hydrogen-bond donors (Lipinski definition) is 2. The molecule has 1 heterocycles. The number of anilines is 1. The maximum Gasteiger partial charge on any atom is 0.0376 e. The van der Waals surface area contributed by atoms with Gasteiger partial charge in [-0.15, -0.1) is 0 Å². The minimum atomic E-state index is 0.849. The van der Waals surface area contributed by atoms with E-state index in [1.165, 1.54) is 55.5 Å². The van der Waals surface area contributed by atoms with E-state index in [0.29, 0.717) is 0 Å². The molecule has 0 bridgehead atoms. The Balaban J connectivity index is 1.49. The Morgan fingerprint density at radius 2 is 2.25 bits per heavy atom. The molecule has 1 aliphatic heterocycles. The Morgan fingerprint density at radius 3 is 3.12 bits per heavy atom. The van der Waals surface area contributed by atoms with Gasteiger partial charge >= 0.3 is 0 Å². The molecule has 0 unspecified atom stereocenters. The summed E-state index contributed by atoms with van der Waals surface area (Å²) >= 11 is 0. The van der Waals surface area contributed by atoms with Crippen LogP contribution in [0.2, 0.25) is 0 Å². The molecule has 2 nitrogen and oxygen atoms in total. The zero-order chi connectivity index (χ0) is 10.8. The molecule has 0 saturated heterocycles. The monoisotopic (exact) mass is 216 g/mol. The summed E-state index contributed by atoms with van der Waals surface area (Å²) in [6.45, 7) is 2.29. The van der Waals surface area contributed by atoms with E-state index in [1.54, 1.807) is 0 Å². The van der Waals surface area contributed by atoms with Gasteiger partial charge in [-0.1, -0.05) is 12.1 Å². The highest BCUT2D eigenvalue weighted by Crippen LogP contribution is 2.23. The lowest BCUT2D eigenvalue weighted by molar-refractivity contribution is 0.645. The quantitative estimate of drug-likeness (QED) is 0.738. The fourth-order valence-corrected chi connectivity index (χ4v) is 2.38. The van der Waals surface area contributed by atoms with Gasteiger partial charge in [-0.3, -0.25) is 0 Å². The summed E-state index contributed by atoms with van der Waals surface area (Å²) in [5.41, 5.74) is 4.33. The van der Waals surface area contributed by atoms with Gasteiger partial charge in [0.25, 0.3) is 0 Å². The van der Waals surface area contributed by atoms with E-state index in [2.05, 4.69) is 28.8 Å². The van der Waals surface area contributed by atoms with Crippen LogP contribution < -0.4 is 10.6 Å². The predicted molar refractivity (Wildman–Crippen MR) is 68.0 cm³/mol. The summed E-state index contributed by atoms with van der Waals surface area (Å²) in [5.74, 6) is 0. The molecular weight excluding hydrogens is 196 g/mol. The zero-order valence-corrected chi connectivity index (χ0v) is 9.76. The first-order valence-electron chi connectivity index (χ1n) is 6.51. The summed E-state index contributed by atoms with van der Waals surface area (Å²) < 4.78 is 0. The molecule has 2 N–H and O–H groups in total. The van der Waals surface area contributed by atoms with Gasteiger partial charge in [-0.05, 0) is 55.8 Å². The molecule has 0 spiro atoms. The van der Waals surface area contributed by atoms with Crippen LogP contribution in [0.15, 0.2) is 18.2 Å². The number of benzene rings is 1. The Morgan fingerprint density at radius 1 is 1.31 bits per heavy atom. The van der Waals surface area contributed by atoms with Gasteiger partial charge in [-0.25, -0.2) is 0 Å². The van der Waals surface area contributed by atoms with Gasteiger partial charge in [-0.2, -0.15) is 0 Å². The van der Waals surface area contributed by atoms with Crippen molar-refractivity contribution in [3.63, 3.8) is 0 Å². The van der Waals surface area contributed by atoms with Crippen LogP contribution in [0.3, 0.4) is 0 Å². The predicted octanol–water partition coefficient (Wildman–Crippen LogP) is 2.34. The standard InChI is InChI=1S/C14H20N2/c1(8-15-13-5-6-13)2-11-3-4-12-7-9-16-14(12)10-11/h3-4,10,13,15-16H,1-2,5-9H2. The van der Waals surface area contributed by atoms with Crippen molar-refractivity contribution < 1.29 is 0 Å². The van der Waals surface area contributed by atoms with Gasteiger partial charge in [0.05, 0.1) is 0 Å². The SMILES string of the molecule is c1cc2c(cc1CCCNC1CC1)NCC2. The molecule has 1 aliphatic carbocycles. The Bertz CT molecular complexity index is 369. The fraction of sp³-hybridized carbons (Fsp3) is 0.571. The smallest absolute Gasteiger partial charge is 0.0376 e. The molecule has 86 valence electrons. The maximum absolute atomic E-state index is 3.56. The minimum absolute atomic E-state index is 0.849. The van der Waals surface area contributed by atoms with Gasteiger partial charge < -0.3 is 10.6 Å². The van der Waals surface area contributed by atoms with Crippen LogP contribution in [-0.4, -0.2) is 19.1 Å². The molecule has 0 aromatic heterocycles. The molecule has 2 heteroatoms. The van der Waals surface area contributed by atoms with Gasteiger partial charge in [0.2, 0.25) is 0 Å². The van der Waals surface area contributed by atoms with Crippen molar-refractivity contribution in [2.24, 2.45) is 0 Å². The topological polar surface area (TPSA) is 24.1 Å². The van der Waals surface area contributed by atoms with Crippen LogP contribution >= 0.6 is 0 Å². The Kier molecular flexibility index (Phi) is 2.83. The van der Waals surface area contributed by atoms with Gasteiger partial charge in [0, 0.05) is 18.3 Å². The van der Waals surface area contributed by atoms with Gasteiger partial charge in [0.15, 0.2) is 0 Å². The first-order valence-corrected chi connectivity index (χ1v) is 6.51. The molecule has 1 aromatic carbocycles. The molecule has 0 radical (unpaired) electrons. The fourth-order valence-electron chi connectivity index (χ4n) is 2.38. The molecule has 16 heavy (non-hydrogen) atoms. The van der Waals surface area contributed by atoms with Crippen LogP contribution in [0.1, 0.15) is 30.4 Å². The summed E-state index contributed by atoms with van der Waals surface area (Å²) in [4.78, 5) is 0. The third kappa shape index (κ3) is 2.38.